The Morgan fingerprint density at radius 2 is 2.23 bits per heavy atom. The number of carbonyl (C=O) groups is 1. The van der Waals surface area contributed by atoms with Crippen molar-refractivity contribution in [1.82, 2.24) is 9.55 Å². The van der Waals surface area contributed by atoms with Gasteiger partial charge in [-0.3, -0.25) is 14.1 Å². The number of nitrogens with one attached hydrogen (secondary N) is 1. The first-order valence-corrected chi connectivity index (χ1v) is 6.51. The van der Waals surface area contributed by atoms with Crippen molar-refractivity contribution in [1.29, 1.82) is 0 Å². The summed E-state index contributed by atoms with van der Waals surface area (Å²) in [6, 6.07) is 1.31. The average molecular weight is 337 g/mol. The van der Waals surface area contributed by atoms with E-state index in [-0.39, 0.29) is 23.3 Å². The van der Waals surface area contributed by atoms with Gasteiger partial charge in [-0.1, -0.05) is 18.3 Å². The molecule has 1 amide bonds. The quantitative estimate of drug-likeness (QED) is 0.584. The lowest BCUT2D eigenvalue weighted by atomic mass is 10.0. The molecule has 0 radical (unpaired) electrons. The lowest BCUT2D eigenvalue weighted by Gasteiger charge is -2.13. The number of halogens is 3. The molecule has 0 fully saturated rings. The molecule has 1 rings (SSSR count). The fourth-order valence-electron chi connectivity index (χ4n) is 1.75. The summed E-state index contributed by atoms with van der Waals surface area (Å²) in [6.07, 6.45) is -3.13. The molecule has 1 aromatic rings. The molecule has 10 heteroatoms. The zero-order valence-corrected chi connectivity index (χ0v) is 12.2. The van der Waals surface area contributed by atoms with Gasteiger partial charge in [0.1, 0.15) is 4.64 Å². The first-order valence-electron chi connectivity index (χ1n) is 6.10. The van der Waals surface area contributed by atoms with Gasteiger partial charge in [0, 0.05) is 5.69 Å². The third kappa shape index (κ3) is 5.11. The first-order chi connectivity index (χ1) is 10.2. The number of hydrogen-bond donors (Lipinski definition) is 2. The molecule has 1 unspecified atom stereocenters. The molecule has 0 spiro atoms. The number of alkyl halides is 3. The second-order valence-corrected chi connectivity index (χ2v) is 4.71. The van der Waals surface area contributed by atoms with Crippen molar-refractivity contribution < 1.29 is 22.7 Å². The number of aromatic nitrogens is 2. The number of allylic oxidation sites excluding steroid dienone is 1. The molecule has 0 saturated heterocycles. The molecule has 3 N–H and O–H groups in total. The molecule has 0 aliphatic heterocycles. The molecule has 1 aromatic heterocycles. The molecule has 0 bridgehead atoms. The van der Waals surface area contributed by atoms with E-state index >= 15 is 0 Å². The van der Waals surface area contributed by atoms with Crippen LogP contribution in [0, 0.1) is 4.64 Å². The van der Waals surface area contributed by atoms with Crippen LogP contribution in [0.2, 0.25) is 0 Å². The van der Waals surface area contributed by atoms with E-state index in [2.05, 4.69) is 16.3 Å². The number of amides is 1. The fraction of sp³-hybridized carbons (Fsp3) is 0.417. The highest BCUT2D eigenvalue weighted by Gasteiger charge is 2.28. The van der Waals surface area contributed by atoms with Gasteiger partial charge in [-0.2, -0.15) is 0 Å². The SMILES string of the molecule is C=CCC(C(N)=O)c1cc(=S)n(CCOC(F)(F)F)c(=O)[nH]1. The zero-order chi connectivity index (χ0) is 16.9. The van der Waals surface area contributed by atoms with Gasteiger partial charge in [0.25, 0.3) is 0 Å². The summed E-state index contributed by atoms with van der Waals surface area (Å²) in [5, 5.41) is 0. The van der Waals surface area contributed by atoms with Crippen LogP contribution in [0.15, 0.2) is 23.5 Å². The van der Waals surface area contributed by atoms with E-state index < -0.39 is 30.5 Å². The van der Waals surface area contributed by atoms with Crippen molar-refractivity contribution in [3.63, 3.8) is 0 Å². The molecular formula is C12H14F3N3O3S. The first kappa shape index (κ1) is 18.1. The van der Waals surface area contributed by atoms with E-state index in [1.807, 2.05) is 0 Å². The topological polar surface area (TPSA) is 90.1 Å². The molecule has 122 valence electrons. The largest absolute Gasteiger partial charge is 0.522 e. The normalized spacial score (nSPS) is 12.9. The van der Waals surface area contributed by atoms with Crippen molar-refractivity contribution in [2.45, 2.75) is 25.2 Å². The van der Waals surface area contributed by atoms with E-state index in [0.29, 0.717) is 0 Å². The molecular weight excluding hydrogens is 323 g/mol. The molecule has 0 saturated carbocycles. The van der Waals surface area contributed by atoms with Crippen LogP contribution in [0.5, 0.6) is 0 Å². The summed E-state index contributed by atoms with van der Waals surface area (Å²) in [5.74, 6) is -1.49. The maximum Gasteiger partial charge on any atom is 0.522 e. The van der Waals surface area contributed by atoms with Crippen LogP contribution < -0.4 is 11.4 Å². The second-order valence-electron chi connectivity index (χ2n) is 4.29. The highest BCUT2D eigenvalue weighted by molar-refractivity contribution is 7.71. The number of H-pyrrole nitrogens is 1. The monoisotopic (exact) mass is 337 g/mol. The minimum atomic E-state index is -4.78. The van der Waals surface area contributed by atoms with E-state index in [0.717, 1.165) is 4.57 Å². The summed E-state index contributed by atoms with van der Waals surface area (Å²) in [7, 11) is 0. The van der Waals surface area contributed by atoms with Crippen LogP contribution in [-0.4, -0.2) is 28.4 Å². The third-order valence-corrected chi connectivity index (χ3v) is 3.08. The Hall–Kier alpha value is -1.94. The molecule has 0 aliphatic carbocycles. The molecule has 0 aliphatic rings. The molecule has 6 nitrogen and oxygen atoms in total. The van der Waals surface area contributed by atoms with E-state index in [4.69, 9.17) is 18.0 Å². The Labute approximate surface area is 128 Å². The number of hydrogen-bond acceptors (Lipinski definition) is 4. The summed E-state index contributed by atoms with van der Waals surface area (Å²) in [5.41, 5.74) is 4.67. The van der Waals surface area contributed by atoms with Crippen LogP contribution in [0.3, 0.4) is 0 Å². The molecule has 22 heavy (non-hydrogen) atoms. The highest BCUT2D eigenvalue weighted by Crippen LogP contribution is 2.17. The Balaban J connectivity index is 3.02. The van der Waals surface area contributed by atoms with Gasteiger partial charge in [0.2, 0.25) is 5.91 Å². The summed E-state index contributed by atoms with van der Waals surface area (Å²) >= 11 is 4.95. The van der Waals surface area contributed by atoms with E-state index in [1.165, 1.54) is 12.1 Å². The number of carbonyl (C=O) groups excluding carboxylic acids is 1. The van der Waals surface area contributed by atoms with Gasteiger partial charge in [0.15, 0.2) is 0 Å². The second kappa shape index (κ2) is 7.36. The number of nitrogens with two attached hydrogens (primary N) is 1. The Kier molecular flexibility index (Phi) is 6.06. The van der Waals surface area contributed by atoms with Gasteiger partial charge < -0.3 is 10.7 Å². The summed E-state index contributed by atoms with van der Waals surface area (Å²) < 4.78 is 40.2. The number of aromatic amines is 1. The minimum absolute atomic E-state index is 0.0279. The van der Waals surface area contributed by atoms with Crippen LogP contribution in [0.25, 0.3) is 0 Å². The number of rotatable bonds is 7. The zero-order valence-electron chi connectivity index (χ0n) is 11.4. The maximum atomic E-state index is 11.9. The standard InChI is InChI=1S/C12H14F3N3O3S/c1-2-3-7(10(16)19)8-6-9(22)18(11(20)17-8)4-5-21-12(13,14)15/h2,6-7H,1,3-5H2,(H2,16,19)(H,17,20). The number of primary amides is 1. The summed E-state index contributed by atoms with van der Waals surface area (Å²) in [4.78, 5) is 25.6. The van der Waals surface area contributed by atoms with Gasteiger partial charge in [-0.05, 0) is 12.5 Å². The molecule has 1 heterocycles. The predicted octanol–water partition coefficient (Wildman–Crippen LogP) is 1.59. The molecule has 1 atom stereocenters. The van der Waals surface area contributed by atoms with Crippen molar-refractivity contribution >= 4 is 18.1 Å². The van der Waals surface area contributed by atoms with Crippen LogP contribution in [0.1, 0.15) is 18.0 Å². The predicted molar refractivity (Wildman–Crippen MR) is 74.6 cm³/mol. The van der Waals surface area contributed by atoms with Crippen molar-refractivity contribution in [3.8, 4) is 0 Å². The number of nitrogens with zero attached hydrogens (tertiary/aromatic N) is 1. The highest BCUT2D eigenvalue weighted by atomic mass is 32.1. The van der Waals surface area contributed by atoms with Gasteiger partial charge in [0.05, 0.1) is 19.1 Å². The van der Waals surface area contributed by atoms with Crippen molar-refractivity contribution in [3.05, 3.63) is 39.5 Å². The number of ether oxygens (including phenoxy) is 1. The minimum Gasteiger partial charge on any atom is -0.369 e. The van der Waals surface area contributed by atoms with Crippen LogP contribution in [-0.2, 0) is 16.1 Å². The third-order valence-electron chi connectivity index (χ3n) is 2.74. The smallest absolute Gasteiger partial charge is 0.369 e. The van der Waals surface area contributed by atoms with Crippen LogP contribution >= 0.6 is 12.2 Å². The van der Waals surface area contributed by atoms with E-state index in [1.54, 1.807) is 0 Å². The van der Waals surface area contributed by atoms with Gasteiger partial charge >= 0.3 is 12.1 Å². The lowest BCUT2D eigenvalue weighted by molar-refractivity contribution is -0.325. The van der Waals surface area contributed by atoms with E-state index in [9.17, 15) is 22.8 Å². The summed E-state index contributed by atoms with van der Waals surface area (Å²) in [6.45, 7) is 2.34. The Bertz CT molecular complexity index is 635. The Morgan fingerprint density at radius 3 is 2.68 bits per heavy atom. The average Bonchev–Trinajstić information content (AvgIpc) is 2.37. The van der Waals surface area contributed by atoms with Crippen LogP contribution in [0.4, 0.5) is 13.2 Å². The van der Waals surface area contributed by atoms with Crippen molar-refractivity contribution in [2.75, 3.05) is 6.61 Å². The fourth-order valence-corrected chi connectivity index (χ4v) is 2.05. The maximum absolute atomic E-state index is 11.9. The Morgan fingerprint density at radius 1 is 1.59 bits per heavy atom. The molecule has 0 aromatic carbocycles. The van der Waals surface area contributed by atoms with Gasteiger partial charge in [-0.25, -0.2) is 4.79 Å². The van der Waals surface area contributed by atoms with Crippen molar-refractivity contribution in [2.24, 2.45) is 5.73 Å². The van der Waals surface area contributed by atoms with Gasteiger partial charge in [-0.15, -0.1) is 19.8 Å². The lowest BCUT2D eigenvalue weighted by Crippen LogP contribution is -2.30.